The average molecular weight is 366 g/mol. The van der Waals surface area contributed by atoms with Gasteiger partial charge in [-0.1, -0.05) is 27.7 Å². The molecule has 1 heterocycles. The number of aliphatic hydroxyl groups is 1. The van der Waals surface area contributed by atoms with Gasteiger partial charge in [-0.15, -0.1) is 0 Å². The van der Waals surface area contributed by atoms with Crippen molar-refractivity contribution in [3.05, 3.63) is 0 Å². The van der Waals surface area contributed by atoms with Crippen molar-refractivity contribution in [1.82, 2.24) is 10.2 Å². The van der Waals surface area contributed by atoms with Gasteiger partial charge < -0.3 is 15.2 Å². The summed E-state index contributed by atoms with van der Waals surface area (Å²) in [5.74, 6) is -2.98. The van der Waals surface area contributed by atoms with E-state index in [1.165, 1.54) is 12.0 Å². The van der Waals surface area contributed by atoms with Gasteiger partial charge in [-0.2, -0.15) is 13.2 Å². The highest BCUT2D eigenvalue weighted by atomic mass is 19.4. The monoisotopic (exact) mass is 366 g/mol. The maximum atomic E-state index is 12.6. The molecule has 1 aliphatic carbocycles. The van der Waals surface area contributed by atoms with Crippen LogP contribution in [-0.4, -0.2) is 60.0 Å². The number of halogens is 3. The van der Waals surface area contributed by atoms with Crippen molar-refractivity contribution in [3.63, 3.8) is 0 Å². The Morgan fingerprint density at radius 3 is 2.32 bits per heavy atom. The summed E-state index contributed by atoms with van der Waals surface area (Å²) < 4.78 is 42.5. The summed E-state index contributed by atoms with van der Waals surface area (Å²) in [4.78, 5) is 24.9. The molecule has 0 aromatic heterocycles. The Bertz CT molecular complexity index is 550. The highest BCUT2D eigenvalue weighted by molar-refractivity contribution is 5.82. The first-order valence-corrected chi connectivity index (χ1v) is 8.23. The molecular formula is C16H25F3N2O4. The zero-order valence-corrected chi connectivity index (χ0v) is 14.9. The number of hydrogen-bond acceptors (Lipinski definition) is 5. The number of aliphatic hydroxyl groups excluding tert-OH is 1. The van der Waals surface area contributed by atoms with E-state index in [9.17, 15) is 27.9 Å². The van der Waals surface area contributed by atoms with Crippen LogP contribution in [0, 0.1) is 23.2 Å². The molecule has 1 saturated carbocycles. The largest absolute Gasteiger partial charge is 0.471 e. The molecule has 0 radical (unpaired) electrons. The predicted molar refractivity (Wildman–Crippen MR) is 82.1 cm³/mol. The number of nitrogens with one attached hydrogen (secondary N) is 1. The van der Waals surface area contributed by atoms with Crippen molar-refractivity contribution < 1.29 is 32.6 Å². The van der Waals surface area contributed by atoms with Crippen LogP contribution in [0.3, 0.4) is 0 Å². The molecule has 2 fully saturated rings. The van der Waals surface area contributed by atoms with Gasteiger partial charge in [-0.05, 0) is 23.2 Å². The molecule has 144 valence electrons. The molecule has 9 heteroatoms. The van der Waals surface area contributed by atoms with Gasteiger partial charge in [0, 0.05) is 6.54 Å². The van der Waals surface area contributed by atoms with E-state index in [2.05, 4.69) is 0 Å². The lowest BCUT2D eigenvalue weighted by Gasteiger charge is -2.38. The number of esters is 1. The van der Waals surface area contributed by atoms with Crippen LogP contribution < -0.4 is 5.32 Å². The number of carbonyl (C=O) groups excluding carboxylic acids is 2. The van der Waals surface area contributed by atoms with E-state index in [4.69, 9.17) is 4.74 Å². The van der Waals surface area contributed by atoms with Crippen LogP contribution in [0.2, 0.25) is 0 Å². The molecule has 2 N–H and O–H groups in total. The normalized spacial score (nSPS) is 30.6. The Morgan fingerprint density at radius 1 is 1.32 bits per heavy atom. The lowest BCUT2D eigenvalue weighted by Crippen LogP contribution is -2.59. The van der Waals surface area contributed by atoms with Crippen LogP contribution >= 0.6 is 0 Å². The SMILES string of the molecule is COC(=O)[C@@H]1[C@@H]2[C@H](CN1C(O)[C@@H](NC(=O)C(F)(F)F)C(C)C)C2(C)C. The number of piperidine rings is 1. The van der Waals surface area contributed by atoms with Gasteiger partial charge in [0.25, 0.3) is 0 Å². The molecule has 1 aliphatic heterocycles. The molecule has 1 amide bonds. The lowest BCUT2D eigenvalue weighted by molar-refractivity contribution is -0.177. The molecule has 2 aliphatic rings. The van der Waals surface area contributed by atoms with Gasteiger partial charge in [-0.25, -0.2) is 0 Å². The zero-order chi connectivity index (χ0) is 19.3. The molecule has 0 bridgehead atoms. The minimum absolute atomic E-state index is 0.0271. The third-order valence-electron chi connectivity index (χ3n) is 5.62. The Labute approximate surface area is 144 Å². The number of ether oxygens (including phenoxy) is 1. The van der Waals surface area contributed by atoms with E-state index in [0.29, 0.717) is 6.54 Å². The molecule has 2 rings (SSSR count). The summed E-state index contributed by atoms with van der Waals surface area (Å²) in [5, 5.41) is 12.5. The average Bonchev–Trinajstić information content (AvgIpc) is 2.87. The lowest BCUT2D eigenvalue weighted by atomic mass is 9.97. The van der Waals surface area contributed by atoms with Crippen LogP contribution in [-0.2, 0) is 14.3 Å². The summed E-state index contributed by atoms with van der Waals surface area (Å²) in [6.45, 7) is 7.57. The smallest absolute Gasteiger partial charge is 0.468 e. The van der Waals surface area contributed by atoms with Crippen LogP contribution in [0.15, 0.2) is 0 Å². The van der Waals surface area contributed by atoms with Gasteiger partial charge in [0.2, 0.25) is 0 Å². The Balaban J connectivity index is 2.20. The number of hydrogen-bond donors (Lipinski definition) is 2. The molecule has 1 unspecified atom stereocenters. The highest BCUT2D eigenvalue weighted by Crippen LogP contribution is 2.65. The number of alkyl halides is 3. The standard InChI is InChI=1S/C16H25F3N2O4/c1-7(2)10(20-14(24)16(17,18)19)12(22)21-6-8-9(15(8,3)4)11(21)13(23)25-5/h7-12,22H,6H2,1-5H3,(H,20,24)/t8-,9-,10-,11-,12?/m0/s1. The highest BCUT2D eigenvalue weighted by Gasteiger charge is 2.70. The quantitative estimate of drug-likeness (QED) is 0.714. The van der Waals surface area contributed by atoms with Crippen molar-refractivity contribution in [2.45, 2.75) is 52.2 Å². The number of fused-ring (bicyclic) bond motifs is 1. The van der Waals surface area contributed by atoms with Gasteiger partial charge in [0.15, 0.2) is 0 Å². The van der Waals surface area contributed by atoms with E-state index in [1.807, 2.05) is 19.2 Å². The second-order valence-corrected chi connectivity index (χ2v) is 7.77. The minimum atomic E-state index is -5.04. The van der Waals surface area contributed by atoms with Crippen molar-refractivity contribution >= 4 is 11.9 Å². The Kier molecular flexibility index (Phi) is 5.13. The molecule has 0 aromatic rings. The molecule has 0 aromatic carbocycles. The maximum Gasteiger partial charge on any atom is 0.471 e. The third kappa shape index (κ3) is 3.48. The van der Waals surface area contributed by atoms with E-state index in [-0.39, 0.29) is 17.3 Å². The first-order chi connectivity index (χ1) is 11.3. The van der Waals surface area contributed by atoms with E-state index in [0.717, 1.165) is 0 Å². The van der Waals surface area contributed by atoms with Crippen molar-refractivity contribution in [3.8, 4) is 0 Å². The number of methoxy groups -OCH3 is 1. The topological polar surface area (TPSA) is 78.9 Å². The molecular weight excluding hydrogens is 341 g/mol. The van der Waals surface area contributed by atoms with Crippen LogP contribution in [0.1, 0.15) is 27.7 Å². The Morgan fingerprint density at radius 2 is 1.88 bits per heavy atom. The number of likely N-dealkylation sites (tertiary alicyclic amines) is 1. The number of rotatable bonds is 5. The fourth-order valence-corrected chi connectivity index (χ4v) is 4.01. The van der Waals surface area contributed by atoms with E-state index < -0.39 is 42.3 Å². The van der Waals surface area contributed by atoms with Crippen LogP contribution in [0.5, 0.6) is 0 Å². The van der Waals surface area contributed by atoms with Crippen LogP contribution in [0.4, 0.5) is 13.2 Å². The fourth-order valence-electron chi connectivity index (χ4n) is 4.01. The zero-order valence-electron chi connectivity index (χ0n) is 14.9. The van der Waals surface area contributed by atoms with Crippen LogP contribution in [0.25, 0.3) is 0 Å². The summed E-state index contributed by atoms with van der Waals surface area (Å²) in [5.41, 5.74) is -0.0857. The van der Waals surface area contributed by atoms with Gasteiger partial charge in [-0.3, -0.25) is 14.5 Å². The second kappa shape index (κ2) is 6.42. The van der Waals surface area contributed by atoms with Crippen molar-refractivity contribution in [2.24, 2.45) is 23.2 Å². The number of amides is 1. The summed E-state index contributed by atoms with van der Waals surface area (Å²) in [7, 11) is 1.24. The van der Waals surface area contributed by atoms with Gasteiger partial charge in [0.05, 0.1) is 13.2 Å². The fraction of sp³-hybridized carbons (Fsp3) is 0.875. The molecule has 6 nitrogen and oxygen atoms in total. The molecule has 0 spiro atoms. The summed E-state index contributed by atoms with van der Waals surface area (Å²) in [6.07, 6.45) is -6.46. The first-order valence-electron chi connectivity index (χ1n) is 8.23. The summed E-state index contributed by atoms with van der Waals surface area (Å²) in [6, 6.07) is -1.90. The van der Waals surface area contributed by atoms with Gasteiger partial charge >= 0.3 is 18.1 Å². The predicted octanol–water partition coefficient (Wildman–Crippen LogP) is 1.14. The minimum Gasteiger partial charge on any atom is -0.468 e. The number of carbonyl (C=O) groups is 2. The van der Waals surface area contributed by atoms with Crippen molar-refractivity contribution in [1.29, 1.82) is 0 Å². The number of nitrogens with zero attached hydrogens (tertiary/aromatic N) is 1. The Hall–Kier alpha value is -1.35. The van der Waals surface area contributed by atoms with Crippen molar-refractivity contribution in [2.75, 3.05) is 13.7 Å². The second-order valence-electron chi connectivity index (χ2n) is 7.77. The first kappa shape index (κ1) is 20.0. The third-order valence-corrected chi connectivity index (χ3v) is 5.62. The molecule has 1 saturated heterocycles. The maximum absolute atomic E-state index is 12.6. The summed E-state index contributed by atoms with van der Waals surface area (Å²) >= 11 is 0. The van der Waals surface area contributed by atoms with E-state index in [1.54, 1.807) is 13.8 Å². The molecule has 5 atom stereocenters. The van der Waals surface area contributed by atoms with E-state index >= 15 is 0 Å². The van der Waals surface area contributed by atoms with Gasteiger partial charge in [0.1, 0.15) is 12.3 Å². The molecule has 25 heavy (non-hydrogen) atoms.